The Bertz CT molecular complexity index is 445. The second-order valence-corrected chi connectivity index (χ2v) is 3.76. The zero-order valence-electron chi connectivity index (χ0n) is 9.54. The zero-order chi connectivity index (χ0) is 13.7. The Kier molecular flexibility index (Phi) is 4.59. The highest BCUT2D eigenvalue weighted by Gasteiger charge is 2.11. The van der Waals surface area contributed by atoms with E-state index in [9.17, 15) is 18.4 Å². The van der Waals surface area contributed by atoms with E-state index >= 15 is 0 Å². The predicted molar refractivity (Wildman–Crippen MR) is 60.2 cm³/mol. The van der Waals surface area contributed by atoms with Crippen LogP contribution in [0.4, 0.5) is 19.3 Å². The van der Waals surface area contributed by atoms with Gasteiger partial charge >= 0.3 is 12.0 Å². The molecule has 0 aliphatic heterocycles. The van der Waals surface area contributed by atoms with Gasteiger partial charge in [-0.1, -0.05) is 0 Å². The second kappa shape index (κ2) is 5.95. The number of carboxylic acid groups (broad SMARTS) is 1. The summed E-state index contributed by atoms with van der Waals surface area (Å²) < 4.78 is 25.6. The first kappa shape index (κ1) is 13.9. The summed E-state index contributed by atoms with van der Waals surface area (Å²) in [5.74, 6) is -2.69. The average molecular weight is 258 g/mol. The Morgan fingerprint density at radius 2 is 1.83 bits per heavy atom. The number of carboxylic acids is 1. The third-order valence-corrected chi connectivity index (χ3v) is 1.98. The van der Waals surface area contributed by atoms with Crippen LogP contribution in [-0.2, 0) is 4.79 Å². The molecule has 1 unspecified atom stereocenters. The van der Waals surface area contributed by atoms with E-state index in [0.717, 1.165) is 12.1 Å². The minimum atomic E-state index is -1.06. The minimum Gasteiger partial charge on any atom is -0.481 e. The van der Waals surface area contributed by atoms with Gasteiger partial charge in [-0.2, -0.15) is 0 Å². The molecule has 0 aliphatic carbocycles. The number of benzene rings is 1. The SMILES string of the molecule is CC(CC(=O)O)NC(=O)Nc1cc(F)cc(F)c1. The van der Waals surface area contributed by atoms with E-state index in [1.54, 1.807) is 0 Å². The summed E-state index contributed by atoms with van der Waals surface area (Å²) in [5.41, 5.74) is -0.0486. The fraction of sp³-hybridized carbons (Fsp3) is 0.273. The summed E-state index contributed by atoms with van der Waals surface area (Å²) in [6, 6.07) is 1.25. The number of carbonyl (C=O) groups is 2. The van der Waals surface area contributed by atoms with E-state index in [1.165, 1.54) is 6.92 Å². The highest BCUT2D eigenvalue weighted by Crippen LogP contribution is 2.12. The van der Waals surface area contributed by atoms with Gasteiger partial charge in [-0.3, -0.25) is 4.79 Å². The van der Waals surface area contributed by atoms with Crippen molar-refractivity contribution in [1.29, 1.82) is 0 Å². The number of hydrogen-bond acceptors (Lipinski definition) is 2. The Hall–Kier alpha value is -2.18. The second-order valence-electron chi connectivity index (χ2n) is 3.76. The van der Waals surface area contributed by atoms with Gasteiger partial charge in [-0.05, 0) is 19.1 Å². The largest absolute Gasteiger partial charge is 0.481 e. The molecule has 0 saturated carbocycles. The summed E-state index contributed by atoms with van der Waals surface area (Å²) in [4.78, 5) is 21.7. The average Bonchev–Trinajstić information content (AvgIpc) is 2.12. The zero-order valence-corrected chi connectivity index (χ0v) is 9.54. The van der Waals surface area contributed by atoms with E-state index < -0.39 is 29.7 Å². The van der Waals surface area contributed by atoms with Crippen LogP contribution in [0, 0.1) is 11.6 Å². The molecule has 1 aromatic rings. The molecule has 0 heterocycles. The quantitative estimate of drug-likeness (QED) is 0.772. The third-order valence-electron chi connectivity index (χ3n) is 1.98. The Labute approximate surface area is 102 Å². The Morgan fingerprint density at radius 1 is 1.28 bits per heavy atom. The van der Waals surface area contributed by atoms with Crippen LogP contribution < -0.4 is 10.6 Å². The standard InChI is InChI=1S/C11H12F2N2O3/c1-6(2-10(16)17)14-11(18)15-9-4-7(12)3-8(13)5-9/h3-6H,2H2,1H3,(H,16,17)(H2,14,15,18). The van der Waals surface area contributed by atoms with Crippen LogP contribution in [0.15, 0.2) is 18.2 Å². The van der Waals surface area contributed by atoms with Crippen molar-refractivity contribution < 1.29 is 23.5 Å². The van der Waals surface area contributed by atoms with Crippen molar-refractivity contribution in [3.63, 3.8) is 0 Å². The van der Waals surface area contributed by atoms with Crippen molar-refractivity contribution >= 4 is 17.7 Å². The van der Waals surface area contributed by atoms with Crippen molar-refractivity contribution in [1.82, 2.24) is 5.32 Å². The molecule has 3 N–H and O–H groups in total. The first-order valence-corrected chi connectivity index (χ1v) is 5.12. The summed E-state index contributed by atoms with van der Waals surface area (Å²) in [6.45, 7) is 1.50. The monoisotopic (exact) mass is 258 g/mol. The van der Waals surface area contributed by atoms with Gasteiger partial charge in [0.05, 0.1) is 6.42 Å². The van der Waals surface area contributed by atoms with Crippen LogP contribution in [0.3, 0.4) is 0 Å². The lowest BCUT2D eigenvalue weighted by Crippen LogP contribution is -2.37. The van der Waals surface area contributed by atoms with Gasteiger partial charge in [0, 0.05) is 17.8 Å². The van der Waals surface area contributed by atoms with Gasteiger partial charge in [-0.15, -0.1) is 0 Å². The van der Waals surface area contributed by atoms with Crippen molar-refractivity contribution in [2.75, 3.05) is 5.32 Å². The fourth-order valence-electron chi connectivity index (χ4n) is 1.33. The first-order valence-electron chi connectivity index (χ1n) is 5.12. The molecule has 0 fully saturated rings. The lowest BCUT2D eigenvalue weighted by molar-refractivity contribution is -0.137. The highest BCUT2D eigenvalue weighted by molar-refractivity contribution is 5.89. The number of anilines is 1. The molecule has 5 nitrogen and oxygen atoms in total. The van der Waals surface area contributed by atoms with E-state index in [-0.39, 0.29) is 12.1 Å². The molecular formula is C11H12F2N2O3. The fourth-order valence-corrected chi connectivity index (χ4v) is 1.33. The van der Waals surface area contributed by atoms with Gasteiger partial charge in [-0.25, -0.2) is 13.6 Å². The van der Waals surface area contributed by atoms with Gasteiger partial charge in [0.15, 0.2) is 0 Å². The van der Waals surface area contributed by atoms with E-state index in [4.69, 9.17) is 5.11 Å². The topological polar surface area (TPSA) is 78.4 Å². The molecule has 0 spiro atoms. The molecule has 98 valence electrons. The molecule has 1 atom stereocenters. The van der Waals surface area contributed by atoms with Crippen molar-refractivity contribution in [2.24, 2.45) is 0 Å². The number of nitrogens with one attached hydrogen (secondary N) is 2. The maximum atomic E-state index is 12.8. The van der Waals surface area contributed by atoms with Crippen LogP contribution in [0.5, 0.6) is 0 Å². The van der Waals surface area contributed by atoms with E-state index in [2.05, 4.69) is 10.6 Å². The van der Waals surface area contributed by atoms with E-state index in [0.29, 0.717) is 6.07 Å². The number of amides is 2. The normalized spacial score (nSPS) is 11.7. The van der Waals surface area contributed by atoms with Gasteiger partial charge < -0.3 is 15.7 Å². The number of halogens is 2. The number of urea groups is 1. The Morgan fingerprint density at radius 3 is 2.33 bits per heavy atom. The van der Waals surface area contributed by atoms with Crippen LogP contribution in [-0.4, -0.2) is 23.1 Å². The molecule has 0 aromatic heterocycles. The lowest BCUT2D eigenvalue weighted by Gasteiger charge is -2.12. The summed E-state index contributed by atoms with van der Waals surface area (Å²) in [7, 11) is 0. The maximum Gasteiger partial charge on any atom is 0.319 e. The van der Waals surface area contributed by atoms with Crippen LogP contribution >= 0.6 is 0 Å². The molecule has 0 saturated heterocycles. The molecule has 0 bridgehead atoms. The lowest BCUT2D eigenvalue weighted by atomic mass is 10.2. The molecule has 7 heteroatoms. The number of aliphatic carboxylic acids is 1. The van der Waals surface area contributed by atoms with Crippen LogP contribution in [0.2, 0.25) is 0 Å². The predicted octanol–water partition coefficient (Wildman–Crippen LogP) is 1.95. The smallest absolute Gasteiger partial charge is 0.319 e. The number of carbonyl (C=O) groups excluding carboxylic acids is 1. The van der Waals surface area contributed by atoms with Crippen molar-refractivity contribution in [3.05, 3.63) is 29.8 Å². The molecule has 1 rings (SSSR count). The first-order chi connectivity index (χ1) is 8.36. The molecule has 2 amide bonds. The summed E-state index contributed by atoms with van der Waals surface area (Å²) in [5, 5.41) is 13.0. The summed E-state index contributed by atoms with van der Waals surface area (Å²) in [6.07, 6.45) is -0.245. The maximum absolute atomic E-state index is 12.8. The van der Waals surface area contributed by atoms with Crippen LogP contribution in [0.25, 0.3) is 0 Å². The van der Waals surface area contributed by atoms with Crippen molar-refractivity contribution in [2.45, 2.75) is 19.4 Å². The van der Waals surface area contributed by atoms with E-state index in [1.807, 2.05) is 0 Å². The number of rotatable bonds is 4. The molecule has 18 heavy (non-hydrogen) atoms. The van der Waals surface area contributed by atoms with Gasteiger partial charge in [0.2, 0.25) is 0 Å². The molecular weight excluding hydrogens is 246 g/mol. The third kappa shape index (κ3) is 4.77. The molecule has 1 aromatic carbocycles. The minimum absolute atomic E-state index is 0.0486. The van der Waals surface area contributed by atoms with Crippen LogP contribution in [0.1, 0.15) is 13.3 Å². The van der Waals surface area contributed by atoms with Gasteiger partial charge in [0.25, 0.3) is 0 Å². The molecule has 0 radical (unpaired) electrons. The van der Waals surface area contributed by atoms with Crippen molar-refractivity contribution in [3.8, 4) is 0 Å². The van der Waals surface area contributed by atoms with Gasteiger partial charge in [0.1, 0.15) is 11.6 Å². The highest BCUT2D eigenvalue weighted by atomic mass is 19.1. The molecule has 0 aliphatic rings. The number of hydrogen-bond donors (Lipinski definition) is 3. The Balaban J connectivity index is 2.56. The summed E-state index contributed by atoms with van der Waals surface area (Å²) >= 11 is 0.